The summed E-state index contributed by atoms with van der Waals surface area (Å²) in [6, 6.07) is 9.88. The third kappa shape index (κ3) is 4.19. The minimum atomic E-state index is -0.309. The van der Waals surface area contributed by atoms with Gasteiger partial charge in [-0.25, -0.2) is 0 Å². The number of para-hydroxylation sites is 1. The second-order valence-corrected chi connectivity index (χ2v) is 7.84. The fourth-order valence-corrected chi connectivity index (χ4v) is 4.12. The summed E-state index contributed by atoms with van der Waals surface area (Å²) in [5.74, 6) is -0.309. The number of nitrogens with zero attached hydrogens (tertiary/aromatic N) is 2. The fourth-order valence-electron chi connectivity index (χ4n) is 1.79. The van der Waals surface area contributed by atoms with Crippen molar-refractivity contribution in [2.45, 2.75) is 27.7 Å². The van der Waals surface area contributed by atoms with Crippen molar-refractivity contribution in [3.63, 3.8) is 0 Å². The normalized spacial score (nSPS) is 17.0. The van der Waals surface area contributed by atoms with Gasteiger partial charge in [-0.2, -0.15) is 0 Å². The number of allylic oxidation sites excluding steroid dienone is 1. The van der Waals surface area contributed by atoms with Crippen LogP contribution in [0.1, 0.15) is 27.7 Å². The van der Waals surface area contributed by atoms with Crippen LogP contribution in [0.15, 0.2) is 46.1 Å². The molecule has 4 nitrogen and oxygen atoms in total. The van der Waals surface area contributed by atoms with E-state index in [0.717, 1.165) is 10.3 Å². The number of rotatable bonds is 3. The zero-order chi connectivity index (χ0) is 15.5. The van der Waals surface area contributed by atoms with Crippen LogP contribution >= 0.6 is 0 Å². The second kappa shape index (κ2) is 6.46. The zero-order valence-corrected chi connectivity index (χ0v) is 14.5. The van der Waals surface area contributed by atoms with Gasteiger partial charge in [0.15, 0.2) is 0 Å². The number of carbonyl (C=O) groups excluding carboxylic acids is 1. The molecule has 0 bridgehead atoms. The first-order valence-corrected chi connectivity index (χ1v) is 8.63. The Balaban J connectivity index is 2.35. The number of hydrazone groups is 1. The third-order valence-electron chi connectivity index (χ3n) is 2.61. The molecule has 112 valence electrons. The Morgan fingerprint density at radius 1 is 1.33 bits per heavy atom. The van der Waals surface area contributed by atoms with Crippen LogP contribution in [0.4, 0.5) is 5.69 Å². The molecule has 21 heavy (non-hydrogen) atoms. The van der Waals surface area contributed by atoms with Crippen LogP contribution in [0.3, 0.4) is 0 Å². The van der Waals surface area contributed by atoms with Crippen molar-refractivity contribution < 1.29 is 9.53 Å². The van der Waals surface area contributed by atoms with E-state index in [4.69, 9.17) is 4.74 Å². The van der Waals surface area contributed by atoms with Gasteiger partial charge in [-0.3, -0.25) is 0 Å². The molecule has 0 saturated carbocycles. The predicted molar refractivity (Wildman–Crippen MR) is 86.3 cm³/mol. The molecule has 1 aliphatic heterocycles. The van der Waals surface area contributed by atoms with Gasteiger partial charge < -0.3 is 0 Å². The van der Waals surface area contributed by atoms with Crippen LogP contribution in [0.5, 0.6) is 0 Å². The summed E-state index contributed by atoms with van der Waals surface area (Å²) in [5.41, 5.74) is 0.998. The summed E-state index contributed by atoms with van der Waals surface area (Å²) >= 11 is -0.130. The van der Waals surface area contributed by atoms with E-state index in [1.807, 2.05) is 35.3 Å². The molecular weight excluding hydrogens is 331 g/mol. The molecule has 0 fully saturated rings. The quantitative estimate of drug-likeness (QED) is 0.621. The molecule has 0 aliphatic carbocycles. The van der Waals surface area contributed by atoms with E-state index in [0.29, 0.717) is 11.2 Å². The molecule has 0 N–H and O–H groups in total. The van der Waals surface area contributed by atoms with Gasteiger partial charge in [0.1, 0.15) is 0 Å². The summed E-state index contributed by atoms with van der Waals surface area (Å²) in [4.78, 5) is 11.9. The summed E-state index contributed by atoms with van der Waals surface area (Å²) in [5, 5.41) is 6.34. The van der Waals surface area contributed by atoms with Crippen molar-refractivity contribution in [3.05, 3.63) is 41.0 Å². The van der Waals surface area contributed by atoms with Crippen LogP contribution in [-0.2, 0) is 9.53 Å². The third-order valence-corrected chi connectivity index (χ3v) is 4.58. The summed E-state index contributed by atoms with van der Waals surface area (Å²) in [7, 11) is 0. The van der Waals surface area contributed by atoms with Crippen molar-refractivity contribution in [1.29, 1.82) is 0 Å². The molecule has 0 saturated heterocycles. The van der Waals surface area contributed by atoms with E-state index in [-0.39, 0.29) is 26.3 Å². The molecule has 5 heteroatoms. The van der Waals surface area contributed by atoms with Gasteiger partial charge in [-0.1, -0.05) is 0 Å². The van der Waals surface area contributed by atoms with Crippen molar-refractivity contribution in [3.8, 4) is 0 Å². The Morgan fingerprint density at radius 2 is 2.00 bits per heavy atom. The molecule has 0 aromatic heterocycles. The first-order valence-electron chi connectivity index (χ1n) is 6.92. The van der Waals surface area contributed by atoms with E-state index in [1.165, 1.54) is 0 Å². The molecule has 0 radical (unpaired) electrons. The van der Waals surface area contributed by atoms with Crippen LogP contribution < -0.4 is 5.01 Å². The second-order valence-electron chi connectivity index (χ2n) is 5.72. The van der Waals surface area contributed by atoms with Gasteiger partial charge >= 0.3 is 132 Å². The Morgan fingerprint density at radius 3 is 2.57 bits per heavy atom. The summed E-state index contributed by atoms with van der Waals surface area (Å²) in [6.45, 7) is 8.60. The average Bonchev–Trinajstić information content (AvgIpc) is 2.82. The van der Waals surface area contributed by atoms with Crippen molar-refractivity contribution >= 4 is 31.2 Å². The van der Waals surface area contributed by atoms with E-state index in [1.54, 1.807) is 6.92 Å². The minimum absolute atomic E-state index is 0.0315. The number of ether oxygens (including phenoxy) is 1. The van der Waals surface area contributed by atoms with Gasteiger partial charge in [-0.15, -0.1) is 0 Å². The summed E-state index contributed by atoms with van der Waals surface area (Å²) in [6.07, 6.45) is 2.18. The van der Waals surface area contributed by atoms with Crippen molar-refractivity contribution in [1.82, 2.24) is 0 Å². The number of hydrogen-bond acceptors (Lipinski definition) is 4. The van der Waals surface area contributed by atoms with Gasteiger partial charge in [0, 0.05) is 0 Å². The van der Waals surface area contributed by atoms with E-state index < -0.39 is 0 Å². The van der Waals surface area contributed by atoms with Gasteiger partial charge in [0.25, 0.3) is 0 Å². The van der Waals surface area contributed by atoms with E-state index >= 15 is 0 Å². The number of esters is 1. The Hall–Kier alpha value is -1.58. The van der Waals surface area contributed by atoms with Crippen LogP contribution in [0.2, 0.25) is 0 Å². The number of hydrogen-bond donors (Lipinski definition) is 0. The molecule has 2 rings (SSSR count). The molecule has 0 spiro atoms. The molecule has 1 aromatic carbocycles. The first kappa shape index (κ1) is 15.8. The van der Waals surface area contributed by atoms with E-state index in [2.05, 4.69) is 31.9 Å². The average molecular weight is 351 g/mol. The van der Waals surface area contributed by atoms with Crippen molar-refractivity contribution in [2.75, 3.05) is 11.6 Å². The first-order chi connectivity index (χ1) is 9.90. The molecule has 0 unspecified atom stereocenters. The number of anilines is 1. The molecule has 0 atom stereocenters. The van der Waals surface area contributed by atoms with Crippen LogP contribution in [0.25, 0.3) is 0 Å². The standard InChI is InChI=1S/C16H20N2O2Se/c1-5-20-15(19)14-17-18(12-9-7-6-8-10-12)13(21-14)11-16(2,3)4/h6-11H,5H2,1-4H3/b13-11-. The Kier molecular flexibility index (Phi) is 4.86. The van der Waals surface area contributed by atoms with Gasteiger partial charge in [0.2, 0.25) is 0 Å². The number of benzene rings is 1. The molecular formula is C16H20N2O2Se. The Labute approximate surface area is 132 Å². The van der Waals surface area contributed by atoms with E-state index in [9.17, 15) is 4.79 Å². The van der Waals surface area contributed by atoms with Gasteiger partial charge in [0.05, 0.1) is 0 Å². The van der Waals surface area contributed by atoms with Crippen molar-refractivity contribution in [2.24, 2.45) is 10.5 Å². The topological polar surface area (TPSA) is 41.9 Å². The molecule has 1 aromatic rings. The number of carbonyl (C=O) groups is 1. The predicted octanol–water partition coefficient (Wildman–Crippen LogP) is 2.97. The Bertz CT molecular complexity index is 574. The van der Waals surface area contributed by atoms with Crippen LogP contribution in [0, 0.1) is 5.41 Å². The molecule has 1 aliphatic rings. The zero-order valence-electron chi connectivity index (χ0n) is 12.8. The maximum absolute atomic E-state index is 11.9. The monoisotopic (exact) mass is 352 g/mol. The maximum atomic E-state index is 11.9. The SMILES string of the molecule is CCOC(=O)C1=NN(c2ccccc2)/C(=C/C(C)(C)C)[Se]1. The van der Waals surface area contributed by atoms with Gasteiger partial charge in [-0.05, 0) is 0 Å². The summed E-state index contributed by atoms with van der Waals surface area (Å²) < 4.78 is 6.67. The fraction of sp³-hybridized carbons (Fsp3) is 0.375. The van der Waals surface area contributed by atoms with Crippen LogP contribution in [-0.4, -0.2) is 32.1 Å². The molecule has 0 amide bonds. The molecule has 1 heterocycles.